The van der Waals surface area contributed by atoms with Crippen LogP contribution in [0.5, 0.6) is 0 Å². The van der Waals surface area contributed by atoms with E-state index >= 15 is 0 Å². The van der Waals surface area contributed by atoms with Crippen molar-refractivity contribution in [3.05, 3.63) is 89.8 Å². The second-order valence-electron chi connectivity index (χ2n) is 7.45. The van der Waals surface area contributed by atoms with Crippen molar-refractivity contribution in [3.63, 3.8) is 0 Å². The molecule has 0 atom stereocenters. The van der Waals surface area contributed by atoms with E-state index in [0.717, 1.165) is 18.4 Å². The number of halogens is 3. The van der Waals surface area contributed by atoms with Crippen molar-refractivity contribution in [1.82, 2.24) is 4.98 Å². The maximum atomic E-state index is 12.9. The number of amides is 1. The van der Waals surface area contributed by atoms with Crippen LogP contribution in [-0.4, -0.2) is 25.6 Å². The van der Waals surface area contributed by atoms with E-state index in [4.69, 9.17) is 0 Å². The fraction of sp³-hybridized carbons (Fsp3) is 0.0870. The van der Waals surface area contributed by atoms with E-state index in [0.29, 0.717) is 28.5 Å². The van der Waals surface area contributed by atoms with Crippen LogP contribution in [-0.2, 0) is 16.0 Å². The molecule has 1 aromatic heterocycles. The molecule has 0 saturated heterocycles. The maximum Gasteiger partial charge on any atom is 0.416 e. The van der Waals surface area contributed by atoms with Crippen molar-refractivity contribution >= 4 is 39.0 Å². The Balaban J connectivity index is 1.63. The molecule has 0 unspecified atom stereocenters. The van der Waals surface area contributed by atoms with Gasteiger partial charge in [-0.25, -0.2) is 8.42 Å². The van der Waals surface area contributed by atoms with Gasteiger partial charge in [-0.05, 0) is 60.7 Å². The van der Waals surface area contributed by atoms with Crippen LogP contribution in [0.15, 0.2) is 77.8 Å². The molecule has 1 amide bonds. The summed E-state index contributed by atoms with van der Waals surface area (Å²) in [6, 6.07) is 12.1. The number of H-pyrrole nitrogens is 1. The molecule has 1 aliphatic rings. The van der Waals surface area contributed by atoms with Gasteiger partial charge in [0, 0.05) is 28.9 Å². The Morgan fingerprint density at radius 3 is 2.39 bits per heavy atom. The van der Waals surface area contributed by atoms with E-state index in [1.807, 2.05) is 0 Å². The zero-order valence-corrected chi connectivity index (χ0v) is 18.1. The molecule has 0 fully saturated rings. The number of nitrogens with zero attached hydrogens (tertiary/aromatic N) is 1. The predicted octanol–water partition coefficient (Wildman–Crippen LogP) is 5.37. The molecule has 0 bridgehead atoms. The Kier molecular flexibility index (Phi) is 5.41. The number of carbonyl (C=O) groups is 1. The van der Waals surface area contributed by atoms with Gasteiger partial charge in [0.25, 0.3) is 5.91 Å². The SMILES string of the molecule is C=C1C=Cc2cc(C(=O)Nc3cccc(S(C)(=O)=O)c3)[nH]c2N1c1ccc(C(F)(F)F)cc1. The summed E-state index contributed by atoms with van der Waals surface area (Å²) in [7, 11) is -3.44. The van der Waals surface area contributed by atoms with Gasteiger partial charge in [-0.1, -0.05) is 12.6 Å². The minimum atomic E-state index is -4.45. The smallest absolute Gasteiger partial charge is 0.336 e. The Labute approximate surface area is 188 Å². The molecule has 0 radical (unpaired) electrons. The summed E-state index contributed by atoms with van der Waals surface area (Å²) < 4.78 is 62.2. The average Bonchev–Trinajstić information content (AvgIpc) is 3.17. The highest BCUT2D eigenvalue weighted by atomic mass is 32.2. The van der Waals surface area contributed by atoms with Gasteiger partial charge in [0.1, 0.15) is 11.5 Å². The molecule has 3 aromatic rings. The largest absolute Gasteiger partial charge is 0.416 e. The molecule has 1 aliphatic heterocycles. The molecule has 170 valence electrons. The minimum Gasteiger partial charge on any atom is -0.336 e. The number of rotatable bonds is 4. The highest BCUT2D eigenvalue weighted by Crippen LogP contribution is 2.38. The molecule has 0 spiro atoms. The first-order valence-corrected chi connectivity index (χ1v) is 11.5. The normalized spacial score (nSPS) is 13.7. The molecule has 2 N–H and O–H groups in total. The lowest BCUT2D eigenvalue weighted by atomic mass is 10.1. The number of anilines is 3. The predicted molar refractivity (Wildman–Crippen MR) is 120 cm³/mol. The van der Waals surface area contributed by atoms with E-state index in [9.17, 15) is 26.4 Å². The topological polar surface area (TPSA) is 82.3 Å². The zero-order chi connectivity index (χ0) is 24.0. The van der Waals surface area contributed by atoms with Gasteiger partial charge in [-0.15, -0.1) is 0 Å². The minimum absolute atomic E-state index is 0.0683. The highest BCUT2D eigenvalue weighted by molar-refractivity contribution is 7.90. The number of hydrogen-bond acceptors (Lipinski definition) is 4. The van der Waals surface area contributed by atoms with Gasteiger partial charge >= 0.3 is 6.18 Å². The highest BCUT2D eigenvalue weighted by Gasteiger charge is 2.31. The third kappa shape index (κ3) is 4.56. The summed E-state index contributed by atoms with van der Waals surface area (Å²) in [5.74, 6) is -0.0428. The Morgan fingerprint density at radius 2 is 1.76 bits per heavy atom. The second-order valence-corrected chi connectivity index (χ2v) is 9.46. The lowest BCUT2D eigenvalue weighted by Crippen LogP contribution is -2.18. The van der Waals surface area contributed by atoms with Crippen molar-refractivity contribution in [2.45, 2.75) is 11.1 Å². The summed E-state index contributed by atoms with van der Waals surface area (Å²) in [5.41, 5.74) is 1.28. The van der Waals surface area contributed by atoms with Crippen molar-refractivity contribution in [2.75, 3.05) is 16.5 Å². The fourth-order valence-corrected chi connectivity index (χ4v) is 4.06. The van der Waals surface area contributed by atoms with E-state index in [-0.39, 0.29) is 10.6 Å². The number of allylic oxidation sites excluding steroid dienone is 1. The summed E-state index contributed by atoms with van der Waals surface area (Å²) in [6.07, 6.45) is 0.0392. The maximum absolute atomic E-state index is 12.9. The first-order chi connectivity index (χ1) is 15.4. The van der Waals surface area contributed by atoms with E-state index in [1.165, 1.54) is 30.3 Å². The Bertz CT molecular complexity index is 1390. The number of nitrogens with one attached hydrogen (secondary N) is 2. The zero-order valence-electron chi connectivity index (χ0n) is 17.3. The third-order valence-corrected chi connectivity index (χ3v) is 6.12. The lowest BCUT2D eigenvalue weighted by molar-refractivity contribution is -0.137. The first-order valence-electron chi connectivity index (χ1n) is 9.62. The summed E-state index contributed by atoms with van der Waals surface area (Å²) >= 11 is 0. The molecule has 2 heterocycles. The molecule has 2 aromatic carbocycles. The van der Waals surface area contributed by atoms with Crippen molar-refractivity contribution in [2.24, 2.45) is 0 Å². The third-order valence-electron chi connectivity index (χ3n) is 5.01. The summed E-state index contributed by atoms with van der Waals surface area (Å²) in [5, 5.41) is 2.65. The van der Waals surface area contributed by atoms with Crippen molar-refractivity contribution < 1.29 is 26.4 Å². The summed E-state index contributed by atoms with van der Waals surface area (Å²) in [6.45, 7) is 3.94. The van der Waals surface area contributed by atoms with Crippen LogP contribution in [0.3, 0.4) is 0 Å². The quantitative estimate of drug-likeness (QED) is 0.534. The summed E-state index contributed by atoms with van der Waals surface area (Å²) in [4.78, 5) is 17.5. The van der Waals surface area contributed by atoms with Gasteiger partial charge in [0.2, 0.25) is 0 Å². The van der Waals surface area contributed by atoms with Crippen LogP contribution >= 0.6 is 0 Å². The Hall–Kier alpha value is -3.79. The molecule has 4 rings (SSSR count). The van der Waals surface area contributed by atoms with Crippen LogP contribution < -0.4 is 10.2 Å². The number of aromatic amines is 1. The van der Waals surface area contributed by atoms with Gasteiger partial charge in [-0.3, -0.25) is 9.69 Å². The number of carbonyl (C=O) groups excluding carboxylic acids is 1. The van der Waals surface area contributed by atoms with Crippen LogP contribution in [0.4, 0.5) is 30.4 Å². The number of sulfone groups is 1. The van der Waals surface area contributed by atoms with Crippen molar-refractivity contribution in [1.29, 1.82) is 0 Å². The van der Waals surface area contributed by atoms with Crippen LogP contribution in [0.25, 0.3) is 6.08 Å². The molecular weight excluding hydrogens is 455 g/mol. The monoisotopic (exact) mass is 473 g/mol. The second kappa shape index (κ2) is 7.96. The van der Waals surface area contributed by atoms with Gasteiger partial charge < -0.3 is 10.3 Å². The molecular formula is C23H18F3N3O3S. The van der Waals surface area contributed by atoms with Crippen LogP contribution in [0.2, 0.25) is 0 Å². The Morgan fingerprint density at radius 1 is 1.06 bits per heavy atom. The number of hydrogen-bond donors (Lipinski definition) is 2. The molecule has 33 heavy (non-hydrogen) atoms. The van der Waals surface area contributed by atoms with Gasteiger partial charge in [-0.2, -0.15) is 13.2 Å². The molecule has 0 aliphatic carbocycles. The lowest BCUT2D eigenvalue weighted by Gasteiger charge is -2.27. The average molecular weight is 473 g/mol. The van der Waals surface area contributed by atoms with Crippen LogP contribution in [0, 0.1) is 0 Å². The van der Waals surface area contributed by atoms with E-state index in [2.05, 4.69) is 16.9 Å². The number of benzene rings is 2. The molecule has 0 saturated carbocycles. The van der Waals surface area contributed by atoms with Crippen molar-refractivity contribution in [3.8, 4) is 0 Å². The van der Waals surface area contributed by atoms with E-state index < -0.39 is 27.5 Å². The van der Waals surface area contributed by atoms with Gasteiger partial charge in [0.05, 0.1) is 10.5 Å². The number of alkyl halides is 3. The van der Waals surface area contributed by atoms with Gasteiger partial charge in [0.15, 0.2) is 9.84 Å². The number of fused-ring (bicyclic) bond motifs is 1. The fourth-order valence-electron chi connectivity index (χ4n) is 3.40. The first kappa shape index (κ1) is 22.4. The number of aromatic nitrogens is 1. The molecule has 6 nitrogen and oxygen atoms in total. The molecule has 10 heteroatoms. The standard InChI is InChI=1S/C23H18F3N3O3S/c1-14-6-7-15-12-20(22(30)27-17-4-3-5-19(13-17)33(2,31)32)28-21(15)29(14)18-10-8-16(9-11-18)23(24,25)26/h3-13,28H,1H2,2H3,(H,27,30). The van der Waals surface area contributed by atoms with Crippen LogP contribution in [0.1, 0.15) is 21.6 Å². The van der Waals surface area contributed by atoms with E-state index in [1.54, 1.807) is 29.2 Å².